The van der Waals surface area contributed by atoms with Gasteiger partial charge in [0.05, 0.1) is 30.9 Å². The highest BCUT2D eigenvalue weighted by molar-refractivity contribution is 5.78. The first-order valence-electron chi connectivity index (χ1n) is 9.65. The minimum absolute atomic E-state index is 0.0182. The third-order valence-corrected chi connectivity index (χ3v) is 5.74. The van der Waals surface area contributed by atoms with E-state index in [1.807, 2.05) is 24.6 Å². The van der Waals surface area contributed by atoms with Crippen LogP contribution < -0.4 is 10.3 Å². The van der Waals surface area contributed by atoms with Crippen molar-refractivity contribution >= 4 is 10.9 Å². The number of benzene rings is 1. The molecule has 0 aliphatic carbocycles. The van der Waals surface area contributed by atoms with Gasteiger partial charge < -0.3 is 9.30 Å². The van der Waals surface area contributed by atoms with E-state index in [2.05, 4.69) is 20.1 Å². The van der Waals surface area contributed by atoms with Crippen LogP contribution in [0.25, 0.3) is 10.9 Å². The van der Waals surface area contributed by atoms with E-state index in [-0.39, 0.29) is 5.56 Å². The van der Waals surface area contributed by atoms with Crippen LogP contribution in [0.5, 0.6) is 5.75 Å². The highest BCUT2D eigenvalue weighted by Crippen LogP contribution is 2.21. The number of hydrogen-bond acceptors (Lipinski definition) is 6. The van der Waals surface area contributed by atoms with Crippen molar-refractivity contribution in [2.45, 2.75) is 32.9 Å². The number of nitrogens with zero attached hydrogens (tertiary/aromatic N) is 6. The van der Waals surface area contributed by atoms with E-state index in [0.29, 0.717) is 29.1 Å². The normalized spacial score (nSPS) is 16.0. The lowest BCUT2D eigenvalue weighted by Gasteiger charge is -2.31. The van der Waals surface area contributed by atoms with Crippen molar-refractivity contribution in [1.29, 1.82) is 0 Å². The molecular weight excluding hydrogens is 356 g/mol. The van der Waals surface area contributed by atoms with Crippen LogP contribution in [0.15, 0.2) is 29.3 Å². The van der Waals surface area contributed by atoms with Crippen LogP contribution in [0.4, 0.5) is 0 Å². The lowest BCUT2D eigenvalue weighted by molar-refractivity contribution is 0.162. The number of piperidine rings is 1. The van der Waals surface area contributed by atoms with Gasteiger partial charge in [-0.2, -0.15) is 0 Å². The molecule has 1 fully saturated rings. The number of likely N-dealkylation sites (tertiary alicyclic amines) is 1. The van der Waals surface area contributed by atoms with Crippen molar-refractivity contribution in [3.8, 4) is 5.75 Å². The Labute approximate surface area is 163 Å². The zero-order valence-corrected chi connectivity index (χ0v) is 16.6. The van der Waals surface area contributed by atoms with Gasteiger partial charge in [-0.15, -0.1) is 10.2 Å². The summed E-state index contributed by atoms with van der Waals surface area (Å²) in [7, 11) is 3.62. The third-order valence-electron chi connectivity index (χ3n) is 5.74. The van der Waals surface area contributed by atoms with Gasteiger partial charge in [0, 0.05) is 19.7 Å². The Morgan fingerprint density at radius 3 is 2.68 bits per heavy atom. The molecule has 148 valence electrons. The lowest BCUT2D eigenvalue weighted by atomic mass is 9.96. The molecule has 2 aromatic heterocycles. The SMILES string of the molecule is COc1ccc2c(=O)n(CC3CCN(Cc4nnc(C)n4C)CC3)cnc2c1. The van der Waals surface area contributed by atoms with Crippen LogP contribution in [0.1, 0.15) is 24.5 Å². The number of fused-ring (bicyclic) bond motifs is 1. The zero-order chi connectivity index (χ0) is 19.7. The Kier molecular flexibility index (Phi) is 5.13. The van der Waals surface area contributed by atoms with Gasteiger partial charge in [0.25, 0.3) is 5.56 Å². The standard InChI is InChI=1S/C20H26N6O2/c1-14-22-23-19(24(14)2)12-25-8-6-15(7-9-25)11-26-13-21-18-10-16(28-3)4-5-17(18)20(26)27/h4-5,10,13,15H,6-9,11-12H2,1-3H3. The second-order valence-corrected chi connectivity index (χ2v) is 7.53. The van der Waals surface area contributed by atoms with Gasteiger partial charge in [0.1, 0.15) is 17.4 Å². The molecule has 0 radical (unpaired) electrons. The topological polar surface area (TPSA) is 78.1 Å². The number of hydrogen-bond donors (Lipinski definition) is 0. The van der Waals surface area contributed by atoms with Gasteiger partial charge in [-0.3, -0.25) is 14.3 Å². The molecule has 28 heavy (non-hydrogen) atoms. The summed E-state index contributed by atoms with van der Waals surface area (Å²) < 4.78 is 9.01. The monoisotopic (exact) mass is 382 g/mol. The zero-order valence-electron chi connectivity index (χ0n) is 16.6. The van der Waals surface area contributed by atoms with E-state index in [4.69, 9.17) is 4.74 Å². The van der Waals surface area contributed by atoms with Crippen LogP contribution >= 0.6 is 0 Å². The first-order chi connectivity index (χ1) is 13.5. The largest absolute Gasteiger partial charge is 0.497 e. The Morgan fingerprint density at radius 2 is 2.00 bits per heavy atom. The summed E-state index contributed by atoms with van der Waals surface area (Å²) in [5.41, 5.74) is 0.694. The van der Waals surface area contributed by atoms with E-state index in [9.17, 15) is 4.79 Å². The van der Waals surface area contributed by atoms with Crippen molar-refractivity contribution in [3.05, 3.63) is 46.5 Å². The molecule has 0 bridgehead atoms. The molecule has 8 heteroatoms. The second kappa shape index (κ2) is 7.71. The number of aromatic nitrogens is 5. The van der Waals surface area contributed by atoms with Crippen molar-refractivity contribution in [2.24, 2.45) is 13.0 Å². The van der Waals surface area contributed by atoms with Crippen LogP contribution in [0.3, 0.4) is 0 Å². The van der Waals surface area contributed by atoms with Gasteiger partial charge in [-0.25, -0.2) is 4.98 Å². The van der Waals surface area contributed by atoms with Crippen LogP contribution in [-0.4, -0.2) is 49.4 Å². The number of methoxy groups -OCH3 is 1. The van der Waals surface area contributed by atoms with E-state index >= 15 is 0 Å². The smallest absolute Gasteiger partial charge is 0.261 e. The molecule has 3 heterocycles. The van der Waals surface area contributed by atoms with Crippen molar-refractivity contribution in [2.75, 3.05) is 20.2 Å². The quantitative estimate of drug-likeness (QED) is 0.669. The maximum Gasteiger partial charge on any atom is 0.261 e. The highest BCUT2D eigenvalue weighted by atomic mass is 16.5. The average molecular weight is 382 g/mol. The maximum absolute atomic E-state index is 12.8. The summed E-state index contributed by atoms with van der Waals surface area (Å²) in [6.45, 7) is 5.51. The van der Waals surface area contributed by atoms with E-state index < -0.39 is 0 Å². The first-order valence-corrected chi connectivity index (χ1v) is 9.65. The Bertz CT molecular complexity index is 1030. The molecule has 0 saturated carbocycles. The number of rotatable bonds is 5. The molecule has 1 aliphatic heterocycles. The van der Waals surface area contributed by atoms with Crippen LogP contribution in [0.2, 0.25) is 0 Å². The summed E-state index contributed by atoms with van der Waals surface area (Å²) in [6, 6.07) is 5.40. The summed E-state index contributed by atoms with van der Waals surface area (Å²) in [5.74, 6) is 3.13. The Balaban J connectivity index is 1.40. The van der Waals surface area contributed by atoms with E-state index in [1.165, 1.54) is 0 Å². The first kappa shape index (κ1) is 18.6. The molecule has 1 aromatic carbocycles. The summed E-state index contributed by atoms with van der Waals surface area (Å²) in [6.07, 6.45) is 3.78. The van der Waals surface area contributed by atoms with Crippen molar-refractivity contribution in [3.63, 3.8) is 0 Å². The Hall–Kier alpha value is -2.74. The molecule has 0 atom stereocenters. The fourth-order valence-electron chi connectivity index (χ4n) is 3.79. The van der Waals surface area contributed by atoms with Crippen LogP contribution in [0, 0.1) is 12.8 Å². The van der Waals surface area contributed by atoms with Gasteiger partial charge in [0.15, 0.2) is 0 Å². The fraction of sp³-hybridized carbons (Fsp3) is 0.500. The average Bonchev–Trinajstić information content (AvgIpc) is 3.03. The van der Waals surface area contributed by atoms with Gasteiger partial charge in [0.2, 0.25) is 0 Å². The summed E-state index contributed by atoms with van der Waals surface area (Å²) >= 11 is 0. The molecule has 8 nitrogen and oxygen atoms in total. The predicted octanol–water partition coefficient (Wildman–Crippen LogP) is 1.75. The molecule has 1 saturated heterocycles. The second-order valence-electron chi connectivity index (χ2n) is 7.53. The van der Waals surface area contributed by atoms with Gasteiger partial charge >= 0.3 is 0 Å². The minimum atomic E-state index is 0.0182. The Morgan fingerprint density at radius 1 is 1.21 bits per heavy atom. The fourth-order valence-corrected chi connectivity index (χ4v) is 3.79. The molecule has 1 aliphatic rings. The number of aryl methyl sites for hydroxylation is 1. The molecule has 0 N–H and O–H groups in total. The molecule has 4 rings (SSSR count). The molecule has 0 spiro atoms. The number of ether oxygens (including phenoxy) is 1. The third kappa shape index (κ3) is 3.64. The molecular formula is C20H26N6O2. The van der Waals surface area contributed by atoms with Gasteiger partial charge in [-0.05, 0) is 50.9 Å². The lowest BCUT2D eigenvalue weighted by Crippen LogP contribution is -2.36. The van der Waals surface area contributed by atoms with Crippen LogP contribution in [-0.2, 0) is 20.1 Å². The molecule has 0 amide bonds. The highest BCUT2D eigenvalue weighted by Gasteiger charge is 2.22. The predicted molar refractivity (Wildman–Crippen MR) is 106 cm³/mol. The van der Waals surface area contributed by atoms with E-state index in [0.717, 1.165) is 44.1 Å². The summed E-state index contributed by atoms with van der Waals surface area (Å²) in [5, 5.41) is 9.03. The van der Waals surface area contributed by atoms with Gasteiger partial charge in [-0.1, -0.05) is 0 Å². The van der Waals surface area contributed by atoms with Crippen molar-refractivity contribution < 1.29 is 4.74 Å². The maximum atomic E-state index is 12.8. The minimum Gasteiger partial charge on any atom is -0.497 e. The van der Waals surface area contributed by atoms with Crippen molar-refractivity contribution in [1.82, 2.24) is 29.2 Å². The molecule has 0 unspecified atom stereocenters. The summed E-state index contributed by atoms with van der Waals surface area (Å²) in [4.78, 5) is 19.7. The molecule has 3 aromatic rings. The van der Waals surface area contributed by atoms with E-state index in [1.54, 1.807) is 30.1 Å².